The smallest absolute Gasteiger partial charge is 0.352 e. The van der Waals surface area contributed by atoms with Crippen LogP contribution in [0.3, 0.4) is 0 Å². The SMILES string of the molecule is COc1ccc(-c2nnc(C)n2/C(=C/c2ccccc2)C(=O)O)cc1. The molecule has 2 aromatic carbocycles. The van der Waals surface area contributed by atoms with Gasteiger partial charge in [0.25, 0.3) is 0 Å². The van der Waals surface area contributed by atoms with Gasteiger partial charge in [-0.3, -0.25) is 4.57 Å². The Morgan fingerprint density at radius 1 is 1.08 bits per heavy atom. The third-order valence-electron chi connectivity index (χ3n) is 3.74. The number of aromatic nitrogens is 3. The molecule has 0 amide bonds. The number of rotatable bonds is 5. The lowest BCUT2D eigenvalue weighted by Gasteiger charge is -2.10. The molecule has 1 heterocycles. The fourth-order valence-corrected chi connectivity index (χ4v) is 2.51. The van der Waals surface area contributed by atoms with Gasteiger partial charge in [0.2, 0.25) is 0 Å². The van der Waals surface area contributed by atoms with Crippen molar-refractivity contribution in [3.8, 4) is 17.1 Å². The number of methoxy groups -OCH3 is 1. The predicted molar refractivity (Wildman–Crippen MR) is 95.0 cm³/mol. The maximum absolute atomic E-state index is 11.9. The summed E-state index contributed by atoms with van der Waals surface area (Å²) in [6.07, 6.45) is 1.60. The van der Waals surface area contributed by atoms with Gasteiger partial charge < -0.3 is 9.84 Å². The van der Waals surface area contributed by atoms with E-state index >= 15 is 0 Å². The summed E-state index contributed by atoms with van der Waals surface area (Å²) in [5.74, 6) is 0.617. The third-order valence-corrected chi connectivity index (χ3v) is 3.74. The van der Waals surface area contributed by atoms with Crippen molar-refractivity contribution in [1.82, 2.24) is 14.8 Å². The van der Waals surface area contributed by atoms with E-state index in [-0.39, 0.29) is 5.70 Å². The van der Waals surface area contributed by atoms with E-state index in [1.165, 1.54) is 4.57 Å². The van der Waals surface area contributed by atoms with Crippen molar-refractivity contribution in [2.45, 2.75) is 6.92 Å². The Labute approximate surface area is 145 Å². The lowest BCUT2D eigenvalue weighted by atomic mass is 10.1. The number of hydrogen-bond donors (Lipinski definition) is 1. The molecule has 0 aliphatic heterocycles. The number of hydrogen-bond acceptors (Lipinski definition) is 4. The van der Waals surface area contributed by atoms with E-state index in [1.54, 1.807) is 32.2 Å². The summed E-state index contributed by atoms with van der Waals surface area (Å²) in [6.45, 7) is 1.72. The molecule has 0 unspecified atom stereocenters. The molecule has 0 saturated carbocycles. The molecule has 0 radical (unpaired) electrons. The maximum Gasteiger partial charge on any atom is 0.352 e. The van der Waals surface area contributed by atoms with E-state index in [4.69, 9.17) is 4.74 Å². The molecule has 0 fully saturated rings. The Hall–Kier alpha value is -3.41. The zero-order valence-corrected chi connectivity index (χ0v) is 13.9. The van der Waals surface area contributed by atoms with E-state index in [2.05, 4.69) is 10.2 Å². The van der Waals surface area contributed by atoms with Gasteiger partial charge in [0.05, 0.1) is 7.11 Å². The number of carboxylic acids is 1. The summed E-state index contributed by atoms with van der Waals surface area (Å²) in [6, 6.07) is 16.5. The topological polar surface area (TPSA) is 77.2 Å². The zero-order valence-electron chi connectivity index (χ0n) is 13.9. The van der Waals surface area contributed by atoms with Crippen LogP contribution in [0.15, 0.2) is 54.6 Å². The molecule has 3 aromatic rings. The summed E-state index contributed by atoms with van der Waals surface area (Å²) < 4.78 is 6.70. The standard InChI is InChI=1S/C19H17N3O3/c1-13-20-21-18(15-8-10-16(25-2)11-9-15)22(13)17(19(23)24)12-14-6-4-3-5-7-14/h3-12H,1-2H3,(H,23,24)/b17-12+. The van der Waals surface area contributed by atoms with Gasteiger partial charge in [-0.15, -0.1) is 10.2 Å². The molecule has 126 valence electrons. The molecule has 6 heteroatoms. The Bertz CT molecular complexity index is 913. The molecular weight excluding hydrogens is 318 g/mol. The van der Waals surface area contributed by atoms with Crippen molar-refractivity contribution in [3.05, 3.63) is 66.0 Å². The number of benzene rings is 2. The van der Waals surface area contributed by atoms with Crippen LogP contribution in [0.2, 0.25) is 0 Å². The van der Waals surface area contributed by atoms with Gasteiger partial charge in [0.15, 0.2) is 5.82 Å². The van der Waals surface area contributed by atoms with E-state index in [0.29, 0.717) is 17.4 Å². The molecule has 6 nitrogen and oxygen atoms in total. The molecule has 0 bridgehead atoms. The second-order valence-corrected chi connectivity index (χ2v) is 5.38. The summed E-state index contributed by atoms with van der Waals surface area (Å²) in [4.78, 5) is 11.9. The number of ether oxygens (including phenoxy) is 1. The van der Waals surface area contributed by atoms with Crippen molar-refractivity contribution in [2.24, 2.45) is 0 Å². The van der Waals surface area contributed by atoms with E-state index < -0.39 is 5.97 Å². The first-order chi connectivity index (χ1) is 12.1. The van der Waals surface area contributed by atoms with E-state index in [9.17, 15) is 9.90 Å². The van der Waals surface area contributed by atoms with Gasteiger partial charge >= 0.3 is 5.97 Å². The van der Waals surface area contributed by atoms with Crippen molar-refractivity contribution < 1.29 is 14.6 Å². The average molecular weight is 335 g/mol. The zero-order chi connectivity index (χ0) is 17.8. The molecule has 0 aliphatic rings. The maximum atomic E-state index is 11.9. The Morgan fingerprint density at radius 3 is 2.36 bits per heavy atom. The van der Waals surface area contributed by atoms with Crippen LogP contribution in [0.1, 0.15) is 11.4 Å². The first-order valence-electron chi connectivity index (χ1n) is 7.67. The number of carbonyl (C=O) groups is 1. The number of aryl methyl sites for hydroxylation is 1. The molecule has 1 N–H and O–H groups in total. The Balaban J connectivity index is 2.13. The molecular formula is C19H17N3O3. The molecule has 25 heavy (non-hydrogen) atoms. The quantitative estimate of drug-likeness (QED) is 0.724. The molecule has 1 aromatic heterocycles. The monoisotopic (exact) mass is 335 g/mol. The van der Waals surface area contributed by atoms with Crippen LogP contribution in [0.4, 0.5) is 0 Å². The van der Waals surface area contributed by atoms with Gasteiger partial charge in [-0.05, 0) is 42.8 Å². The van der Waals surface area contributed by atoms with E-state index in [1.807, 2.05) is 42.5 Å². The minimum Gasteiger partial charge on any atom is -0.497 e. The Kier molecular flexibility index (Phi) is 4.61. The Morgan fingerprint density at radius 2 is 1.76 bits per heavy atom. The van der Waals surface area contributed by atoms with Crippen LogP contribution < -0.4 is 4.74 Å². The highest BCUT2D eigenvalue weighted by Crippen LogP contribution is 2.25. The minimum atomic E-state index is -1.05. The van der Waals surface area contributed by atoms with Crippen LogP contribution in [0, 0.1) is 6.92 Å². The van der Waals surface area contributed by atoms with Crippen molar-refractivity contribution >= 4 is 17.7 Å². The fourth-order valence-electron chi connectivity index (χ4n) is 2.51. The second kappa shape index (κ2) is 7.00. The first-order valence-corrected chi connectivity index (χ1v) is 7.67. The highest BCUT2D eigenvalue weighted by molar-refractivity contribution is 6.15. The van der Waals surface area contributed by atoms with Gasteiger partial charge in [0.1, 0.15) is 17.3 Å². The molecule has 3 rings (SSSR count). The average Bonchev–Trinajstić information content (AvgIpc) is 3.01. The van der Waals surface area contributed by atoms with Gasteiger partial charge in [0, 0.05) is 5.56 Å². The predicted octanol–water partition coefficient (Wildman–Crippen LogP) is 3.34. The fraction of sp³-hybridized carbons (Fsp3) is 0.105. The van der Waals surface area contributed by atoms with Gasteiger partial charge in [-0.1, -0.05) is 30.3 Å². The lowest BCUT2D eigenvalue weighted by Crippen LogP contribution is -2.11. The summed E-state index contributed by atoms with van der Waals surface area (Å²) in [7, 11) is 1.59. The third kappa shape index (κ3) is 3.42. The largest absolute Gasteiger partial charge is 0.497 e. The molecule has 0 saturated heterocycles. The minimum absolute atomic E-state index is 0.0829. The van der Waals surface area contributed by atoms with Crippen LogP contribution in [-0.4, -0.2) is 33.0 Å². The number of nitrogens with zero attached hydrogens (tertiary/aromatic N) is 3. The number of carboxylic acid groups (broad SMARTS) is 1. The van der Waals surface area contributed by atoms with Crippen molar-refractivity contribution in [1.29, 1.82) is 0 Å². The number of aliphatic carboxylic acids is 1. The highest BCUT2D eigenvalue weighted by Gasteiger charge is 2.19. The normalized spacial score (nSPS) is 11.4. The van der Waals surface area contributed by atoms with E-state index in [0.717, 1.165) is 11.1 Å². The van der Waals surface area contributed by atoms with Gasteiger partial charge in [-0.25, -0.2) is 4.79 Å². The summed E-state index contributed by atoms with van der Waals surface area (Å²) >= 11 is 0. The van der Waals surface area contributed by atoms with Crippen LogP contribution in [0.25, 0.3) is 23.2 Å². The lowest BCUT2D eigenvalue weighted by molar-refractivity contribution is -0.130. The molecule has 0 spiro atoms. The summed E-state index contributed by atoms with van der Waals surface area (Å²) in [5, 5.41) is 17.9. The van der Waals surface area contributed by atoms with Crippen LogP contribution >= 0.6 is 0 Å². The van der Waals surface area contributed by atoms with Crippen molar-refractivity contribution in [2.75, 3.05) is 7.11 Å². The van der Waals surface area contributed by atoms with Crippen LogP contribution in [0.5, 0.6) is 5.75 Å². The highest BCUT2D eigenvalue weighted by atomic mass is 16.5. The second-order valence-electron chi connectivity index (χ2n) is 5.38. The van der Waals surface area contributed by atoms with Crippen LogP contribution in [-0.2, 0) is 4.79 Å². The van der Waals surface area contributed by atoms with Crippen molar-refractivity contribution in [3.63, 3.8) is 0 Å². The molecule has 0 atom stereocenters. The van der Waals surface area contributed by atoms with Gasteiger partial charge in [-0.2, -0.15) is 0 Å². The molecule has 0 aliphatic carbocycles. The summed E-state index contributed by atoms with van der Waals surface area (Å²) in [5.41, 5.74) is 1.62. The first kappa shape index (κ1) is 16.4.